The first-order valence-corrected chi connectivity index (χ1v) is 6.22. The molecule has 4 nitrogen and oxygen atoms in total. The molecule has 4 fully saturated rings. The van der Waals surface area contributed by atoms with E-state index < -0.39 is 0 Å². The van der Waals surface area contributed by atoms with Crippen LogP contribution in [0.4, 0.5) is 0 Å². The largest absolute Gasteiger partial charge is 0.303 e. The highest BCUT2D eigenvalue weighted by Gasteiger charge is 2.59. The third-order valence-electron chi connectivity index (χ3n) is 4.66. The number of likely N-dealkylation sites (tertiary alicyclic amines) is 1. The van der Waals surface area contributed by atoms with Crippen molar-refractivity contribution in [2.75, 3.05) is 0 Å². The van der Waals surface area contributed by atoms with E-state index in [1.165, 1.54) is 6.42 Å². The first-order chi connectivity index (χ1) is 7.78. The van der Waals surface area contributed by atoms with Crippen molar-refractivity contribution >= 4 is 5.91 Å². The van der Waals surface area contributed by atoms with Gasteiger partial charge in [0.15, 0.2) is 0 Å². The Bertz CT molecular complexity index is 392. The van der Waals surface area contributed by atoms with Crippen LogP contribution in [0.15, 0.2) is 0 Å². The molecular formula is C12H15N3O. The Balaban J connectivity index is 1.52. The number of amides is 1. The van der Waals surface area contributed by atoms with Gasteiger partial charge in [0.25, 0.3) is 0 Å². The number of nitrogens with zero attached hydrogens (tertiary/aromatic N) is 2. The average molecular weight is 217 g/mol. The molecule has 0 aromatic heterocycles. The molecule has 0 aromatic rings. The van der Waals surface area contributed by atoms with E-state index in [0.29, 0.717) is 18.0 Å². The molecule has 0 radical (unpaired) electrons. The maximum atomic E-state index is 12.3. The summed E-state index contributed by atoms with van der Waals surface area (Å²) in [7, 11) is 0. The van der Waals surface area contributed by atoms with Crippen molar-refractivity contribution in [3.63, 3.8) is 0 Å². The third kappa shape index (κ3) is 1.10. The van der Waals surface area contributed by atoms with E-state index in [-0.39, 0.29) is 18.1 Å². The quantitative estimate of drug-likeness (QED) is 0.653. The van der Waals surface area contributed by atoms with E-state index >= 15 is 0 Å². The van der Waals surface area contributed by atoms with Crippen LogP contribution in [0.3, 0.4) is 0 Å². The number of nitrogens with one attached hydrogen (secondary N) is 1. The zero-order valence-corrected chi connectivity index (χ0v) is 9.10. The predicted octanol–water partition coefficient (Wildman–Crippen LogP) is 0.603. The summed E-state index contributed by atoms with van der Waals surface area (Å²) in [5.74, 6) is 1.59. The van der Waals surface area contributed by atoms with Crippen LogP contribution in [-0.2, 0) is 4.79 Å². The summed E-state index contributed by atoms with van der Waals surface area (Å²) in [6.45, 7) is 7.16. The molecule has 2 saturated heterocycles. The fourth-order valence-electron chi connectivity index (χ4n) is 3.55. The second-order valence-electron chi connectivity index (χ2n) is 5.71. The summed E-state index contributed by atoms with van der Waals surface area (Å²) in [6, 6.07) is 1.04. The Labute approximate surface area is 94.8 Å². The molecule has 0 bridgehead atoms. The van der Waals surface area contributed by atoms with Crippen molar-refractivity contribution in [2.45, 2.75) is 50.0 Å². The number of carbonyl (C=O) groups excluding carboxylic acids is 1. The van der Waals surface area contributed by atoms with Gasteiger partial charge in [0.05, 0.1) is 6.04 Å². The topological polar surface area (TPSA) is 36.7 Å². The lowest BCUT2D eigenvalue weighted by Crippen LogP contribution is -2.47. The standard InChI is InChI=1S/C12H15N3O/c1-13-11-5-7-4-10(7)15(11)12(16)9-3-6-2-8(6)14-9/h6-11,14H,2-5H2/t6-,7-,8-,9?,10-,11?/m0/s1. The molecule has 1 N–H and O–H groups in total. The minimum Gasteiger partial charge on any atom is -0.303 e. The highest BCUT2D eigenvalue weighted by molar-refractivity contribution is 5.84. The van der Waals surface area contributed by atoms with Gasteiger partial charge in [0.1, 0.15) is 0 Å². The summed E-state index contributed by atoms with van der Waals surface area (Å²) >= 11 is 0. The van der Waals surface area contributed by atoms with Crippen LogP contribution in [0.5, 0.6) is 0 Å². The Morgan fingerprint density at radius 3 is 2.81 bits per heavy atom. The van der Waals surface area contributed by atoms with Gasteiger partial charge in [-0.2, -0.15) is 0 Å². The van der Waals surface area contributed by atoms with Crippen LogP contribution < -0.4 is 5.32 Å². The van der Waals surface area contributed by atoms with Crippen LogP contribution in [0.2, 0.25) is 0 Å². The van der Waals surface area contributed by atoms with Gasteiger partial charge in [-0.15, -0.1) is 0 Å². The average Bonchev–Trinajstić information content (AvgIpc) is 3.16. The lowest BCUT2D eigenvalue weighted by molar-refractivity contribution is -0.134. The Kier molecular flexibility index (Phi) is 1.56. The Morgan fingerprint density at radius 1 is 1.25 bits per heavy atom. The van der Waals surface area contributed by atoms with Crippen LogP contribution in [0.25, 0.3) is 4.85 Å². The van der Waals surface area contributed by atoms with E-state index in [1.54, 1.807) is 0 Å². The van der Waals surface area contributed by atoms with E-state index in [0.717, 1.165) is 25.2 Å². The smallest absolute Gasteiger partial charge is 0.301 e. The van der Waals surface area contributed by atoms with Crippen molar-refractivity contribution in [1.29, 1.82) is 0 Å². The van der Waals surface area contributed by atoms with E-state index in [9.17, 15) is 4.79 Å². The van der Waals surface area contributed by atoms with Crippen molar-refractivity contribution < 1.29 is 4.79 Å². The van der Waals surface area contributed by atoms with Crippen LogP contribution in [-0.4, -0.2) is 35.1 Å². The first-order valence-electron chi connectivity index (χ1n) is 6.22. The second-order valence-corrected chi connectivity index (χ2v) is 5.71. The molecule has 1 amide bonds. The predicted molar refractivity (Wildman–Crippen MR) is 57.2 cm³/mol. The number of carbonyl (C=O) groups is 1. The second kappa shape index (κ2) is 2.78. The van der Waals surface area contributed by atoms with Gasteiger partial charge in [-0.1, -0.05) is 0 Å². The molecule has 2 aliphatic heterocycles. The molecule has 2 unspecified atom stereocenters. The number of hydrogen-bond donors (Lipinski definition) is 1. The molecule has 16 heavy (non-hydrogen) atoms. The monoisotopic (exact) mass is 217 g/mol. The highest BCUT2D eigenvalue weighted by atomic mass is 16.2. The van der Waals surface area contributed by atoms with Crippen LogP contribution in [0.1, 0.15) is 25.7 Å². The fraction of sp³-hybridized carbons (Fsp3) is 0.833. The van der Waals surface area contributed by atoms with Crippen molar-refractivity contribution in [1.82, 2.24) is 10.2 Å². The number of fused-ring (bicyclic) bond motifs is 2. The van der Waals surface area contributed by atoms with E-state index in [1.807, 2.05) is 4.90 Å². The summed E-state index contributed by atoms with van der Waals surface area (Å²) in [6.07, 6.45) is 4.15. The zero-order valence-electron chi connectivity index (χ0n) is 9.10. The number of rotatable bonds is 1. The maximum absolute atomic E-state index is 12.3. The summed E-state index contributed by atoms with van der Waals surface area (Å²) in [5.41, 5.74) is 0. The van der Waals surface area contributed by atoms with Gasteiger partial charge in [-0.3, -0.25) is 14.5 Å². The fourth-order valence-corrected chi connectivity index (χ4v) is 3.55. The molecule has 84 valence electrons. The molecule has 2 saturated carbocycles. The summed E-state index contributed by atoms with van der Waals surface area (Å²) < 4.78 is 0. The van der Waals surface area contributed by atoms with E-state index in [2.05, 4.69) is 10.2 Å². The SMILES string of the molecule is [C-]#[N+]C1C[C@@H]2C[C@@H]2N1C(=O)C1C[C@@H]2C[C@@H]2N1. The zero-order chi connectivity index (χ0) is 10.9. The molecule has 4 heteroatoms. The van der Waals surface area contributed by atoms with Gasteiger partial charge in [-0.05, 0) is 31.1 Å². The Morgan fingerprint density at radius 2 is 2.12 bits per heavy atom. The maximum Gasteiger partial charge on any atom is 0.301 e. The van der Waals surface area contributed by atoms with Crippen molar-refractivity contribution in [3.05, 3.63) is 11.4 Å². The molecule has 6 atom stereocenters. The van der Waals surface area contributed by atoms with Crippen molar-refractivity contribution in [2.24, 2.45) is 11.8 Å². The van der Waals surface area contributed by atoms with Crippen molar-refractivity contribution in [3.8, 4) is 0 Å². The summed E-state index contributed by atoms with van der Waals surface area (Å²) in [5, 5.41) is 3.39. The van der Waals surface area contributed by atoms with Gasteiger partial charge >= 0.3 is 6.17 Å². The first kappa shape index (κ1) is 9.00. The van der Waals surface area contributed by atoms with Crippen LogP contribution in [0, 0.1) is 18.4 Å². The molecule has 0 spiro atoms. The molecule has 2 aliphatic carbocycles. The third-order valence-corrected chi connectivity index (χ3v) is 4.66. The highest BCUT2D eigenvalue weighted by Crippen LogP contribution is 2.49. The minimum absolute atomic E-state index is 0.0207. The molecule has 0 aromatic carbocycles. The molecule has 4 rings (SSSR count). The minimum atomic E-state index is -0.157. The van der Waals surface area contributed by atoms with E-state index in [4.69, 9.17) is 6.57 Å². The number of hydrogen-bond acceptors (Lipinski definition) is 2. The van der Waals surface area contributed by atoms with Gasteiger partial charge in [-0.25, -0.2) is 6.57 Å². The normalized spacial score (nSPS) is 51.8. The van der Waals surface area contributed by atoms with Gasteiger partial charge < -0.3 is 5.32 Å². The van der Waals surface area contributed by atoms with Gasteiger partial charge in [0, 0.05) is 18.5 Å². The Hall–Kier alpha value is -1.08. The molecular weight excluding hydrogens is 202 g/mol. The number of piperidine rings is 2. The lowest BCUT2D eigenvalue weighted by Gasteiger charge is -2.23. The lowest BCUT2D eigenvalue weighted by atomic mass is 10.1. The van der Waals surface area contributed by atoms with Gasteiger partial charge in [0.2, 0.25) is 5.91 Å². The molecule has 4 aliphatic rings. The van der Waals surface area contributed by atoms with Crippen LogP contribution >= 0.6 is 0 Å². The summed E-state index contributed by atoms with van der Waals surface area (Å²) in [4.78, 5) is 17.8. The molecule has 2 heterocycles.